The Kier molecular flexibility index (Phi) is 3.04. The minimum absolute atomic E-state index is 0.0783. The first kappa shape index (κ1) is 12.6. The number of rotatable bonds is 4. The third kappa shape index (κ3) is 2.78. The summed E-state index contributed by atoms with van der Waals surface area (Å²) in [6.07, 6.45) is 1.80. The molecule has 0 amide bonds. The predicted octanol–water partition coefficient (Wildman–Crippen LogP) is 1.54. The molecule has 0 saturated heterocycles. The second-order valence-corrected chi connectivity index (χ2v) is 7.04. The van der Waals surface area contributed by atoms with Crippen molar-refractivity contribution in [1.82, 2.24) is 9.71 Å². The highest BCUT2D eigenvalue weighted by Crippen LogP contribution is 2.24. The largest absolute Gasteiger partial charge is 0.312 e. The van der Waals surface area contributed by atoms with Gasteiger partial charge in [0.15, 0.2) is 0 Å². The van der Waals surface area contributed by atoms with Crippen LogP contribution in [0.25, 0.3) is 11.3 Å². The molecular weight excluding hydrogens is 284 g/mol. The fourth-order valence-electron chi connectivity index (χ4n) is 1.74. The van der Waals surface area contributed by atoms with Gasteiger partial charge in [-0.2, -0.15) is 0 Å². The van der Waals surface area contributed by atoms with Crippen LogP contribution in [0.5, 0.6) is 0 Å². The molecule has 1 aromatic heterocycles. The van der Waals surface area contributed by atoms with E-state index in [1.165, 1.54) is 0 Å². The molecule has 1 aliphatic carbocycles. The van der Waals surface area contributed by atoms with E-state index in [2.05, 4.69) is 9.71 Å². The molecule has 1 aromatic carbocycles. The van der Waals surface area contributed by atoms with Crippen LogP contribution < -0.4 is 9.60 Å². The van der Waals surface area contributed by atoms with Gasteiger partial charge >= 0.3 is 4.87 Å². The van der Waals surface area contributed by atoms with Crippen molar-refractivity contribution < 1.29 is 8.42 Å². The van der Waals surface area contributed by atoms with Gasteiger partial charge in [-0.15, -0.1) is 0 Å². The van der Waals surface area contributed by atoms with E-state index in [1.54, 1.807) is 29.6 Å². The van der Waals surface area contributed by atoms with Crippen LogP contribution in [0, 0.1) is 0 Å². The summed E-state index contributed by atoms with van der Waals surface area (Å²) in [7, 11) is -3.46. The lowest BCUT2D eigenvalue weighted by Gasteiger charge is -2.06. The molecule has 2 aromatic rings. The van der Waals surface area contributed by atoms with E-state index in [0.29, 0.717) is 11.3 Å². The number of aromatic nitrogens is 1. The van der Waals surface area contributed by atoms with Gasteiger partial charge in [0.05, 0.1) is 10.6 Å². The van der Waals surface area contributed by atoms with Gasteiger partial charge in [-0.05, 0) is 25.0 Å². The third-order valence-electron chi connectivity index (χ3n) is 2.88. The number of benzene rings is 1. The molecule has 1 fully saturated rings. The quantitative estimate of drug-likeness (QED) is 0.898. The molecule has 19 heavy (non-hydrogen) atoms. The number of aromatic amines is 1. The summed E-state index contributed by atoms with van der Waals surface area (Å²) < 4.78 is 26.8. The van der Waals surface area contributed by atoms with Crippen molar-refractivity contribution in [2.45, 2.75) is 23.8 Å². The van der Waals surface area contributed by atoms with Crippen LogP contribution in [0.4, 0.5) is 0 Å². The Hall–Kier alpha value is -1.44. The molecule has 1 aliphatic rings. The van der Waals surface area contributed by atoms with Crippen molar-refractivity contribution >= 4 is 21.4 Å². The van der Waals surface area contributed by atoms with Crippen molar-refractivity contribution in [1.29, 1.82) is 0 Å². The van der Waals surface area contributed by atoms with Crippen molar-refractivity contribution in [3.63, 3.8) is 0 Å². The van der Waals surface area contributed by atoms with Crippen LogP contribution in [0.1, 0.15) is 12.8 Å². The number of hydrogen-bond acceptors (Lipinski definition) is 4. The van der Waals surface area contributed by atoms with E-state index in [-0.39, 0.29) is 15.8 Å². The number of sulfonamides is 1. The summed E-state index contributed by atoms with van der Waals surface area (Å²) >= 11 is 1.06. The van der Waals surface area contributed by atoms with E-state index in [4.69, 9.17) is 0 Å². The molecule has 2 N–H and O–H groups in total. The summed E-state index contributed by atoms with van der Waals surface area (Å²) in [6, 6.07) is 6.65. The van der Waals surface area contributed by atoms with Gasteiger partial charge in [-0.1, -0.05) is 23.5 Å². The molecule has 5 nitrogen and oxygen atoms in total. The first-order chi connectivity index (χ1) is 9.04. The van der Waals surface area contributed by atoms with Gasteiger partial charge in [0, 0.05) is 17.0 Å². The second-order valence-electron chi connectivity index (χ2n) is 4.49. The van der Waals surface area contributed by atoms with Gasteiger partial charge in [-0.3, -0.25) is 4.79 Å². The van der Waals surface area contributed by atoms with Crippen molar-refractivity contribution in [2.24, 2.45) is 0 Å². The maximum atomic E-state index is 12.1. The van der Waals surface area contributed by atoms with Crippen LogP contribution in [0.2, 0.25) is 0 Å². The molecule has 100 valence electrons. The van der Waals surface area contributed by atoms with Crippen LogP contribution in [0.15, 0.2) is 39.3 Å². The zero-order valence-electron chi connectivity index (χ0n) is 9.92. The van der Waals surface area contributed by atoms with Gasteiger partial charge in [0.25, 0.3) is 0 Å². The zero-order chi connectivity index (χ0) is 13.5. The smallest absolute Gasteiger partial charge is 0.304 e. The molecular formula is C12H12N2O3S2. The third-order valence-corrected chi connectivity index (χ3v) is 5.06. The fourth-order valence-corrected chi connectivity index (χ4v) is 3.68. The minimum atomic E-state index is -3.46. The van der Waals surface area contributed by atoms with Crippen LogP contribution in [-0.2, 0) is 10.0 Å². The molecule has 0 radical (unpaired) electrons. The first-order valence-electron chi connectivity index (χ1n) is 5.85. The molecule has 0 aliphatic heterocycles. The van der Waals surface area contributed by atoms with Crippen LogP contribution in [-0.4, -0.2) is 19.4 Å². The number of thiazole rings is 1. The average molecular weight is 296 g/mol. The van der Waals surface area contributed by atoms with Gasteiger partial charge in [-0.25, -0.2) is 13.1 Å². The zero-order valence-corrected chi connectivity index (χ0v) is 11.6. The van der Waals surface area contributed by atoms with Gasteiger partial charge in [0.2, 0.25) is 10.0 Å². The Morgan fingerprint density at radius 1 is 1.32 bits per heavy atom. The molecule has 7 heteroatoms. The van der Waals surface area contributed by atoms with Crippen molar-refractivity contribution in [2.75, 3.05) is 0 Å². The van der Waals surface area contributed by atoms with E-state index in [1.807, 2.05) is 0 Å². The Balaban J connectivity index is 1.97. The minimum Gasteiger partial charge on any atom is -0.312 e. The highest BCUT2D eigenvalue weighted by molar-refractivity contribution is 7.89. The van der Waals surface area contributed by atoms with E-state index in [9.17, 15) is 13.2 Å². The first-order valence-corrected chi connectivity index (χ1v) is 8.21. The molecule has 0 unspecified atom stereocenters. The highest BCUT2D eigenvalue weighted by Gasteiger charge is 2.28. The lowest BCUT2D eigenvalue weighted by Crippen LogP contribution is -2.25. The summed E-state index contributed by atoms with van der Waals surface area (Å²) in [4.78, 5) is 13.9. The monoisotopic (exact) mass is 296 g/mol. The molecule has 3 rings (SSSR count). The van der Waals surface area contributed by atoms with Crippen molar-refractivity contribution in [3.05, 3.63) is 39.3 Å². The molecule has 0 spiro atoms. The van der Waals surface area contributed by atoms with Gasteiger partial charge < -0.3 is 4.98 Å². The maximum Gasteiger partial charge on any atom is 0.304 e. The summed E-state index contributed by atoms with van der Waals surface area (Å²) in [5.41, 5.74) is 1.33. The lowest BCUT2D eigenvalue weighted by atomic mass is 10.2. The van der Waals surface area contributed by atoms with E-state index >= 15 is 0 Å². The Morgan fingerprint density at radius 2 is 2.11 bits per heavy atom. The average Bonchev–Trinajstić information content (AvgIpc) is 3.07. The van der Waals surface area contributed by atoms with Crippen LogP contribution >= 0.6 is 11.3 Å². The number of hydrogen-bond donors (Lipinski definition) is 2. The standard InChI is InChI=1S/C12H12N2O3S2/c15-12-13-11(7-18-12)8-2-1-3-10(6-8)19(16,17)14-9-4-5-9/h1-3,6-7,9,14H,4-5H2,(H,13,15). The summed E-state index contributed by atoms with van der Waals surface area (Å²) in [6.45, 7) is 0. The van der Waals surface area contributed by atoms with Crippen molar-refractivity contribution in [3.8, 4) is 11.3 Å². The maximum absolute atomic E-state index is 12.1. The van der Waals surface area contributed by atoms with Crippen LogP contribution in [0.3, 0.4) is 0 Å². The number of H-pyrrole nitrogens is 1. The Bertz CT molecular complexity index is 757. The highest BCUT2D eigenvalue weighted by atomic mass is 32.2. The Labute approximate surface area is 114 Å². The molecule has 1 saturated carbocycles. The lowest BCUT2D eigenvalue weighted by molar-refractivity contribution is 0.581. The van der Waals surface area contributed by atoms with Gasteiger partial charge in [0.1, 0.15) is 0 Å². The normalized spacial score (nSPS) is 15.6. The molecule has 1 heterocycles. The Morgan fingerprint density at radius 3 is 2.74 bits per heavy atom. The predicted molar refractivity (Wildman–Crippen MR) is 73.7 cm³/mol. The summed E-state index contributed by atoms with van der Waals surface area (Å²) in [5.74, 6) is 0. The molecule has 0 bridgehead atoms. The fraction of sp³-hybridized carbons (Fsp3) is 0.250. The second kappa shape index (κ2) is 4.59. The molecule has 0 atom stereocenters. The summed E-state index contributed by atoms with van der Waals surface area (Å²) in [5, 5.41) is 1.68. The number of nitrogens with one attached hydrogen (secondary N) is 2. The van der Waals surface area contributed by atoms with E-state index in [0.717, 1.165) is 24.2 Å². The SMILES string of the molecule is O=c1[nH]c(-c2cccc(S(=O)(=O)NC3CC3)c2)cs1. The topological polar surface area (TPSA) is 79.0 Å². The van der Waals surface area contributed by atoms with E-state index < -0.39 is 10.0 Å².